The van der Waals surface area contributed by atoms with Crippen LogP contribution in [0, 0.1) is 0 Å². The third kappa shape index (κ3) is 4.21. The van der Waals surface area contributed by atoms with Crippen molar-refractivity contribution in [1.29, 1.82) is 0 Å². The number of allylic oxidation sites excluding steroid dienone is 1. The van der Waals surface area contributed by atoms with Crippen LogP contribution in [0.2, 0.25) is 0 Å². The van der Waals surface area contributed by atoms with Gasteiger partial charge in [-0.15, -0.1) is 0 Å². The minimum absolute atomic E-state index is 0.292. The fourth-order valence-corrected chi connectivity index (χ4v) is 1.73. The lowest BCUT2D eigenvalue weighted by molar-refractivity contribution is -0.144. The minimum Gasteiger partial charge on any atom is -0.464 e. The van der Waals surface area contributed by atoms with Gasteiger partial charge in [-0.3, -0.25) is 0 Å². The second-order valence-electron chi connectivity index (χ2n) is 4.24. The van der Waals surface area contributed by atoms with E-state index in [0.717, 1.165) is 16.7 Å². The molecular weight excluding hydrogens is 242 g/mol. The van der Waals surface area contributed by atoms with Crippen LogP contribution in [0.15, 0.2) is 40.2 Å². The first-order valence-corrected chi connectivity index (χ1v) is 6.10. The van der Waals surface area contributed by atoms with Gasteiger partial charge in [0, 0.05) is 0 Å². The van der Waals surface area contributed by atoms with Crippen molar-refractivity contribution in [1.82, 2.24) is 0 Å². The summed E-state index contributed by atoms with van der Waals surface area (Å²) in [5.74, 6) is 4.63. The quantitative estimate of drug-likeness (QED) is 0.383. The Balaban J connectivity index is 3.23. The van der Waals surface area contributed by atoms with E-state index in [9.17, 15) is 4.79 Å². The van der Waals surface area contributed by atoms with E-state index >= 15 is 0 Å². The van der Waals surface area contributed by atoms with E-state index in [0.29, 0.717) is 6.61 Å². The molecule has 5 nitrogen and oxygen atoms in total. The van der Waals surface area contributed by atoms with Crippen molar-refractivity contribution < 1.29 is 9.53 Å². The molecular formula is C14H19N3O2. The molecule has 0 aliphatic carbocycles. The second-order valence-corrected chi connectivity index (χ2v) is 4.24. The molecule has 1 aromatic carbocycles. The van der Waals surface area contributed by atoms with E-state index in [1.54, 1.807) is 6.92 Å². The van der Waals surface area contributed by atoms with Crippen molar-refractivity contribution in [3.05, 3.63) is 41.0 Å². The van der Waals surface area contributed by atoms with Crippen LogP contribution in [0.4, 0.5) is 0 Å². The van der Waals surface area contributed by atoms with Crippen molar-refractivity contribution in [2.45, 2.75) is 26.8 Å². The first kappa shape index (κ1) is 14.9. The number of esters is 1. The average molecular weight is 261 g/mol. The summed E-state index contributed by atoms with van der Waals surface area (Å²) in [5, 5.41) is 7.02. The maximum Gasteiger partial charge on any atom is 0.337 e. The SMILES string of the molecule is CCOC(=O)C(N=NN)c1ccccc1C=C(C)C. The number of carbonyl (C=O) groups excluding carboxylic acids is 1. The highest BCUT2D eigenvalue weighted by atomic mass is 16.5. The molecule has 1 unspecified atom stereocenters. The highest BCUT2D eigenvalue weighted by Gasteiger charge is 2.23. The van der Waals surface area contributed by atoms with Crippen LogP contribution in [0.3, 0.4) is 0 Å². The third-order valence-electron chi connectivity index (χ3n) is 2.43. The molecule has 0 amide bonds. The van der Waals surface area contributed by atoms with Gasteiger partial charge in [-0.2, -0.15) is 5.11 Å². The van der Waals surface area contributed by atoms with E-state index in [4.69, 9.17) is 10.6 Å². The fourth-order valence-electron chi connectivity index (χ4n) is 1.73. The van der Waals surface area contributed by atoms with Crippen LogP contribution in [0.25, 0.3) is 6.08 Å². The van der Waals surface area contributed by atoms with Gasteiger partial charge in [0.25, 0.3) is 0 Å². The topological polar surface area (TPSA) is 77.0 Å². The van der Waals surface area contributed by atoms with E-state index in [2.05, 4.69) is 10.3 Å². The van der Waals surface area contributed by atoms with E-state index in [1.807, 2.05) is 44.2 Å². The zero-order valence-corrected chi connectivity index (χ0v) is 11.5. The van der Waals surface area contributed by atoms with Crippen LogP contribution < -0.4 is 5.84 Å². The zero-order valence-electron chi connectivity index (χ0n) is 11.5. The van der Waals surface area contributed by atoms with Gasteiger partial charge in [0.15, 0.2) is 6.04 Å². The van der Waals surface area contributed by atoms with Gasteiger partial charge in [0.2, 0.25) is 0 Å². The minimum atomic E-state index is -0.822. The molecule has 5 heteroatoms. The largest absolute Gasteiger partial charge is 0.464 e. The number of carbonyl (C=O) groups is 1. The molecule has 0 aliphatic heterocycles. The van der Waals surface area contributed by atoms with E-state index < -0.39 is 12.0 Å². The van der Waals surface area contributed by atoms with Gasteiger partial charge in [-0.25, -0.2) is 4.79 Å². The van der Waals surface area contributed by atoms with Crippen molar-refractivity contribution in [3.63, 3.8) is 0 Å². The van der Waals surface area contributed by atoms with E-state index in [-0.39, 0.29) is 0 Å². The molecule has 1 rings (SSSR count). The molecule has 102 valence electrons. The average Bonchev–Trinajstić information content (AvgIpc) is 2.36. The normalized spacial score (nSPS) is 12.2. The summed E-state index contributed by atoms with van der Waals surface area (Å²) in [4.78, 5) is 11.9. The number of nitrogens with zero attached hydrogens (tertiary/aromatic N) is 2. The Kier molecular flexibility index (Phi) is 5.73. The summed E-state index contributed by atoms with van der Waals surface area (Å²) in [7, 11) is 0. The molecule has 19 heavy (non-hydrogen) atoms. The first-order valence-electron chi connectivity index (χ1n) is 6.10. The monoisotopic (exact) mass is 261 g/mol. The molecule has 1 aromatic rings. The number of benzene rings is 1. The van der Waals surface area contributed by atoms with Gasteiger partial charge >= 0.3 is 5.97 Å². The summed E-state index contributed by atoms with van der Waals surface area (Å²) in [6.45, 7) is 6.01. The molecule has 2 N–H and O–H groups in total. The van der Waals surface area contributed by atoms with Crippen molar-refractivity contribution in [2.24, 2.45) is 16.2 Å². The van der Waals surface area contributed by atoms with Crippen LogP contribution in [0.1, 0.15) is 37.9 Å². The Morgan fingerprint density at radius 3 is 2.68 bits per heavy atom. The van der Waals surface area contributed by atoms with Crippen molar-refractivity contribution in [2.75, 3.05) is 6.61 Å². The van der Waals surface area contributed by atoms with Crippen LogP contribution in [0.5, 0.6) is 0 Å². The van der Waals surface area contributed by atoms with Gasteiger partial charge in [-0.1, -0.05) is 41.1 Å². The summed E-state index contributed by atoms with van der Waals surface area (Å²) in [5.41, 5.74) is 2.77. The van der Waals surface area contributed by atoms with Crippen molar-refractivity contribution >= 4 is 12.0 Å². The Bertz CT molecular complexity index is 491. The number of nitrogens with two attached hydrogens (primary N) is 1. The number of hydrogen-bond acceptors (Lipinski definition) is 4. The number of hydrogen-bond donors (Lipinski definition) is 1. The van der Waals surface area contributed by atoms with Gasteiger partial charge in [0.1, 0.15) is 0 Å². The maximum absolute atomic E-state index is 11.9. The number of rotatable bonds is 5. The molecule has 1 atom stereocenters. The van der Waals surface area contributed by atoms with Crippen molar-refractivity contribution in [3.8, 4) is 0 Å². The standard InChI is InChI=1S/C14H19N3O2/c1-4-19-14(18)13(16-17-15)12-8-6-5-7-11(12)9-10(2)3/h5-9,13H,4H2,1-3H3,(H2,15,16). The predicted molar refractivity (Wildman–Crippen MR) is 74.2 cm³/mol. The molecule has 0 spiro atoms. The van der Waals surface area contributed by atoms with E-state index in [1.165, 1.54) is 0 Å². The summed E-state index contributed by atoms with van der Waals surface area (Å²) >= 11 is 0. The Morgan fingerprint density at radius 1 is 1.42 bits per heavy atom. The Hall–Kier alpha value is -2.17. The molecule has 0 saturated carbocycles. The highest BCUT2D eigenvalue weighted by Crippen LogP contribution is 2.25. The predicted octanol–water partition coefficient (Wildman–Crippen LogP) is 3.04. The molecule has 0 fully saturated rings. The lowest BCUT2D eigenvalue weighted by atomic mass is 9.99. The Labute approximate surface area is 113 Å². The van der Waals surface area contributed by atoms with Crippen LogP contribution >= 0.6 is 0 Å². The molecule has 0 bridgehead atoms. The van der Waals surface area contributed by atoms with Crippen LogP contribution in [-0.2, 0) is 9.53 Å². The van der Waals surface area contributed by atoms with Gasteiger partial charge in [0.05, 0.1) is 6.61 Å². The van der Waals surface area contributed by atoms with Gasteiger partial charge in [-0.05, 0) is 31.9 Å². The lowest BCUT2D eigenvalue weighted by Gasteiger charge is -2.13. The summed E-state index contributed by atoms with van der Waals surface area (Å²) in [6.07, 6.45) is 1.98. The van der Waals surface area contributed by atoms with Gasteiger partial charge < -0.3 is 10.6 Å². The lowest BCUT2D eigenvalue weighted by Crippen LogP contribution is -2.15. The molecule has 0 heterocycles. The summed E-state index contributed by atoms with van der Waals surface area (Å²) < 4.78 is 5.00. The molecule has 0 saturated heterocycles. The molecule has 0 aromatic heterocycles. The zero-order chi connectivity index (χ0) is 14.3. The first-order chi connectivity index (χ1) is 9.10. The smallest absolute Gasteiger partial charge is 0.337 e. The fraction of sp³-hybridized carbons (Fsp3) is 0.357. The summed E-state index contributed by atoms with van der Waals surface area (Å²) in [6, 6.07) is 6.67. The third-order valence-corrected chi connectivity index (χ3v) is 2.43. The van der Waals surface area contributed by atoms with Crippen LogP contribution in [-0.4, -0.2) is 12.6 Å². The molecule has 0 aliphatic rings. The molecule has 0 radical (unpaired) electrons. The highest BCUT2D eigenvalue weighted by molar-refractivity contribution is 5.79. The maximum atomic E-state index is 11.9. The second kappa shape index (κ2) is 7.31. The number of ether oxygens (including phenoxy) is 1. The Morgan fingerprint density at radius 2 is 2.11 bits per heavy atom.